The third kappa shape index (κ3) is 5.27. The molecule has 1 N–H and O–H groups in total. The zero-order valence-electron chi connectivity index (χ0n) is 17.6. The molecule has 0 saturated carbocycles. The van der Waals surface area contributed by atoms with Gasteiger partial charge in [-0.05, 0) is 60.9 Å². The predicted molar refractivity (Wildman–Crippen MR) is 121 cm³/mol. The average molecular weight is 431 g/mol. The minimum absolute atomic E-state index is 0. The Labute approximate surface area is 185 Å². The molecule has 30 heavy (non-hydrogen) atoms. The molecule has 0 bridgehead atoms. The second-order valence-electron chi connectivity index (χ2n) is 7.89. The third-order valence-electron chi connectivity index (χ3n) is 5.96. The SMILES string of the molecule is COc1cc(CNC2CCCc3ccccc32)ccc1OCC(=O)N1CCCC1.Cl. The molecule has 1 atom stereocenters. The van der Waals surface area contributed by atoms with E-state index in [1.54, 1.807) is 7.11 Å². The predicted octanol–water partition coefficient (Wildman–Crippen LogP) is 4.29. The molecule has 2 aromatic carbocycles. The zero-order valence-corrected chi connectivity index (χ0v) is 18.4. The molecule has 1 amide bonds. The lowest BCUT2D eigenvalue weighted by atomic mass is 9.87. The van der Waals surface area contributed by atoms with Crippen LogP contribution in [0.4, 0.5) is 0 Å². The van der Waals surface area contributed by atoms with Gasteiger partial charge in [-0.2, -0.15) is 0 Å². The monoisotopic (exact) mass is 430 g/mol. The van der Waals surface area contributed by atoms with Gasteiger partial charge in [0.05, 0.1) is 7.11 Å². The number of hydrogen-bond acceptors (Lipinski definition) is 4. The second kappa shape index (κ2) is 10.7. The molecule has 162 valence electrons. The molecule has 1 heterocycles. The first-order chi connectivity index (χ1) is 14.2. The Bertz CT molecular complexity index is 852. The molecule has 1 fully saturated rings. The van der Waals surface area contributed by atoms with Crippen molar-refractivity contribution in [1.82, 2.24) is 10.2 Å². The van der Waals surface area contributed by atoms with E-state index in [2.05, 4.69) is 29.6 Å². The number of ether oxygens (including phenoxy) is 2. The smallest absolute Gasteiger partial charge is 0.260 e. The fourth-order valence-electron chi connectivity index (χ4n) is 4.35. The topological polar surface area (TPSA) is 50.8 Å². The highest BCUT2D eigenvalue weighted by atomic mass is 35.5. The summed E-state index contributed by atoms with van der Waals surface area (Å²) in [6.45, 7) is 2.51. The van der Waals surface area contributed by atoms with Crippen LogP contribution in [-0.2, 0) is 17.8 Å². The fourth-order valence-corrected chi connectivity index (χ4v) is 4.35. The first-order valence-corrected chi connectivity index (χ1v) is 10.6. The van der Waals surface area contributed by atoms with Crippen LogP contribution < -0.4 is 14.8 Å². The summed E-state index contributed by atoms with van der Waals surface area (Å²) < 4.78 is 11.3. The molecule has 1 aliphatic heterocycles. The number of rotatable bonds is 7. The van der Waals surface area contributed by atoms with Crippen molar-refractivity contribution in [2.45, 2.75) is 44.7 Å². The largest absolute Gasteiger partial charge is 0.493 e. The fraction of sp³-hybridized carbons (Fsp3) is 0.458. The number of likely N-dealkylation sites (tertiary alicyclic amines) is 1. The van der Waals surface area contributed by atoms with E-state index in [1.165, 1.54) is 24.0 Å². The molecule has 0 aromatic heterocycles. The van der Waals surface area contributed by atoms with Crippen molar-refractivity contribution in [3.63, 3.8) is 0 Å². The maximum Gasteiger partial charge on any atom is 0.260 e. The molecular weight excluding hydrogens is 400 g/mol. The molecule has 6 heteroatoms. The molecule has 0 spiro atoms. The van der Waals surface area contributed by atoms with Gasteiger partial charge in [0.1, 0.15) is 0 Å². The number of aryl methyl sites for hydroxylation is 1. The van der Waals surface area contributed by atoms with Crippen LogP contribution in [0.1, 0.15) is 48.4 Å². The summed E-state index contributed by atoms with van der Waals surface area (Å²) in [7, 11) is 1.64. The van der Waals surface area contributed by atoms with Crippen molar-refractivity contribution < 1.29 is 14.3 Å². The number of fused-ring (bicyclic) bond motifs is 1. The maximum absolute atomic E-state index is 12.2. The third-order valence-corrected chi connectivity index (χ3v) is 5.96. The van der Waals surface area contributed by atoms with Crippen molar-refractivity contribution >= 4 is 18.3 Å². The van der Waals surface area contributed by atoms with E-state index in [0.29, 0.717) is 17.5 Å². The van der Waals surface area contributed by atoms with E-state index in [-0.39, 0.29) is 24.9 Å². The number of nitrogens with one attached hydrogen (secondary N) is 1. The molecule has 0 radical (unpaired) electrons. The summed E-state index contributed by atoms with van der Waals surface area (Å²) >= 11 is 0. The average Bonchev–Trinajstić information content (AvgIpc) is 3.31. The number of amides is 1. The molecule has 2 aliphatic rings. The van der Waals surface area contributed by atoms with Gasteiger partial charge in [0.25, 0.3) is 5.91 Å². The highest BCUT2D eigenvalue weighted by Gasteiger charge is 2.20. The summed E-state index contributed by atoms with van der Waals surface area (Å²) in [6.07, 6.45) is 5.72. The zero-order chi connectivity index (χ0) is 20.1. The first-order valence-electron chi connectivity index (χ1n) is 10.6. The van der Waals surface area contributed by atoms with Gasteiger partial charge in [-0.1, -0.05) is 30.3 Å². The number of nitrogens with zero attached hydrogens (tertiary/aromatic N) is 1. The number of methoxy groups -OCH3 is 1. The molecule has 2 aromatic rings. The molecular formula is C24H31ClN2O3. The van der Waals surface area contributed by atoms with Crippen molar-refractivity contribution in [1.29, 1.82) is 0 Å². The minimum atomic E-state index is 0. The van der Waals surface area contributed by atoms with Gasteiger partial charge in [0.2, 0.25) is 0 Å². The Morgan fingerprint density at radius 3 is 2.70 bits per heavy atom. The van der Waals surface area contributed by atoms with Gasteiger partial charge in [0.15, 0.2) is 18.1 Å². The van der Waals surface area contributed by atoms with Gasteiger partial charge in [0, 0.05) is 25.7 Å². The number of benzene rings is 2. The summed E-state index contributed by atoms with van der Waals surface area (Å²) in [5.41, 5.74) is 4.02. The van der Waals surface area contributed by atoms with Crippen LogP contribution in [0, 0.1) is 0 Å². The van der Waals surface area contributed by atoms with Crippen LogP contribution in [0.5, 0.6) is 11.5 Å². The summed E-state index contributed by atoms with van der Waals surface area (Å²) in [6, 6.07) is 15.1. The Morgan fingerprint density at radius 2 is 1.90 bits per heavy atom. The van der Waals surface area contributed by atoms with E-state index in [9.17, 15) is 4.79 Å². The Balaban J connectivity index is 0.00000256. The van der Waals surface area contributed by atoms with E-state index >= 15 is 0 Å². The van der Waals surface area contributed by atoms with Crippen LogP contribution in [0.15, 0.2) is 42.5 Å². The normalized spacial score (nSPS) is 17.8. The quantitative estimate of drug-likeness (QED) is 0.712. The van der Waals surface area contributed by atoms with E-state index in [1.807, 2.05) is 23.1 Å². The van der Waals surface area contributed by atoms with Gasteiger partial charge in [-0.25, -0.2) is 0 Å². The molecule has 1 unspecified atom stereocenters. The Hall–Kier alpha value is -2.24. The highest BCUT2D eigenvalue weighted by molar-refractivity contribution is 5.85. The number of hydrogen-bond donors (Lipinski definition) is 1. The van der Waals surface area contributed by atoms with Gasteiger partial charge in [-0.15, -0.1) is 12.4 Å². The number of carbonyl (C=O) groups excluding carboxylic acids is 1. The highest BCUT2D eigenvalue weighted by Crippen LogP contribution is 2.31. The van der Waals surface area contributed by atoms with Crippen LogP contribution in [0.2, 0.25) is 0 Å². The number of carbonyl (C=O) groups is 1. The lowest BCUT2D eigenvalue weighted by molar-refractivity contribution is -0.132. The summed E-state index contributed by atoms with van der Waals surface area (Å²) in [5, 5.41) is 3.70. The standard InChI is InChI=1S/C24H30N2O3.ClH/c1-28-23-15-18(11-12-22(23)29-17-24(27)26-13-4-5-14-26)16-25-21-10-6-8-19-7-2-3-9-20(19)21;/h2-3,7,9,11-12,15,21,25H,4-6,8,10,13-14,16-17H2,1H3;1H. The molecule has 1 aliphatic carbocycles. The van der Waals surface area contributed by atoms with Gasteiger partial charge in [-0.3, -0.25) is 4.79 Å². The minimum Gasteiger partial charge on any atom is -0.493 e. The second-order valence-corrected chi connectivity index (χ2v) is 7.89. The molecule has 1 saturated heterocycles. The van der Waals surface area contributed by atoms with Crippen molar-refractivity contribution in [2.24, 2.45) is 0 Å². The molecule has 5 nitrogen and oxygen atoms in total. The lowest BCUT2D eigenvalue weighted by Crippen LogP contribution is -2.32. The van der Waals surface area contributed by atoms with E-state index in [4.69, 9.17) is 9.47 Å². The van der Waals surface area contributed by atoms with Crippen LogP contribution in [0.3, 0.4) is 0 Å². The van der Waals surface area contributed by atoms with Crippen LogP contribution >= 0.6 is 12.4 Å². The van der Waals surface area contributed by atoms with E-state index in [0.717, 1.165) is 44.5 Å². The maximum atomic E-state index is 12.2. The Morgan fingerprint density at radius 1 is 1.10 bits per heavy atom. The van der Waals surface area contributed by atoms with Crippen LogP contribution in [0.25, 0.3) is 0 Å². The van der Waals surface area contributed by atoms with Crippen molar-refractivity contribution in [2.75, 3.05) is 26.8 Å². The Kier molecular flexibility index (Phi) is 8.00. The number of halogens is 1. The van der Waals surface area contributed by atoms with Gasteiger partial charge >= 0.3 is 0 Å². The first kappa shape index (κ1) is 22.4. The van der Waals surface area contributed by atoms with Crippen molar-refractivity contribution in [3.05, 3.63) is 59.2 Å². The summed E-state index contributed by atoms with van der Waals surface area (Å²) in [5.74, 6) is 1.33. The van der Waals surface area contributed by atoms with Gasteiger partial charge < -0.3 is 19.7 Å². The van der Waals surface area contributed by atoms with Crippen molar-refractivity contribution in [3.8, 4) is 11.5 Å². The summed E-state index contributed by atoms with van der Waals surface area (Å²) in [4.78, 5) is 14.1. The lowest BCUT2D eigenvalue weighted by Gasteiger charge is -2.26. The van der Waals surface area contributed by atoms with E-state index < -0.39 is 0 Å². The molecule has 4 rings (SSSR count). The van der Waals surface area contributed by atoms with Crippen LogP contribution in [-0.4, -0.2) is 37.6 Å².